The van der Waals surface area contributed by atoms with Crippen LogP contribution in [0.1, 0.15) is 37.9 Å². The van der Waals surface area contributed by atoms with Gasteiger partial charge in [-0.1, -0.05) is 36.4 Å². The van der Waals surface area contributed by atoms with Crippen LogP contribution in [0.4, 0.5) is 0 Å². The zero-order chi connectivity index (χ0) is 20.2. The van der Waals surface area contributed by atoms with Crippen molar-refractivity contribution in [1.29, 1.82) is 0 Å². The molecule has 0 unspecified atom stereocenters. The summed E-state index contributed by atoms with van der Waals surface area (Å²) in [6.45, 7) is 5.47. The number of benzene rings is 2. The molecule has 2 aromatic rings. The van der Waals surface area contributed by atoms with Crippen molar-refractivity contribution >= 4 is 15.9 Å². The van der Waals surface area contributed by atoms with E-state index in [4.69, 9.17) is 9.88 Å². The lowest BCUT2D eigenvalue weighted by Crippen LogP contribution is -2.40. The summed E-state index contributed by atoms with van der Waals surface area (Å²) in [7, 11) is -2.51. The van der Waals surface area contributed by atoms with Gasteiger partial charge in [0.2, 0.25) is 15.9 Å². The monoisotopic (exact) mass is 390 g/mol. The molecular weight excluding hydrogens is 364 g/mol. The number of carbonyl (C=O) groups excluding carboxylic acids is 1. The second kappa shape index (κ2) is 8.54. The number of ether oxygens (including phenoxy) is 1. The Balaban J connectivity index is 2.31. The zero-order valence-electron chi connectivity index (χ0n) is 16.0. The maximum absolute atomic E-state index is 12.3. The van der Waals surface area contributed by atoms with Crippen LogP contribution >= 0.6 is 0 Å². The Labute approximate surface area is 161 Å². The maximum Gasteiger partial charge on any atom is 0.241 e. The van der Waals surface area contributed by atoms with E-state index in [-0.39, 0.29) is 28.6 Å². The molecule has 0 aliphatic heterocycles. The van der Waals surface area contributed by atoms with Gasteiger partial charge in [0.1, 0.15) is 10.6 Å². The lowest BCUT2D eigenvalue weighted by Gasteiger charge is -2.34. The molecule has 2 rings (SSSR count). The van der Waals surface area contributed by atoms with E-state index >= 15 is 0 Å². The number of nitrogens with two attached hydrogens (primary N) is 1. The number of primary sulfonamides is 1. The van der Waals surface area contributed by atoms with Gasteiger partial charge in [0, 0.05) is 13.0 Å². The maximum atomic E-state index is 12.3. The van der Waals surface area contributed by atoms with Crippen LogP contribution in [0.3, 0.4) is 0 Å². The fraction of sp³-hybridized carbons (Fsp3) is 0.350. The average Bonchev–Trinajstić information content (AvgIpc) is 2.61. The minimum Gasteiger partial charge on any atom is -0.495 e. The van der Waals surface area contributed by atoms with Gasteiger partial charge in [-0.2, -0.15) is 0 Å². The van der Waals surface area contributed by atoms with Crippen LogP contribution in [0.5, 0.6) is 5.75 Å². The van der Waals surface area contributed by atoms with E-state index in [0.29, 0.717) is 6.42 Å². The van der Waals surface area contributed by atoms with Crippen LogP contribution in [0.25, 0.3) is 0 Å². The molecule has 0 heterocycles. The number of sulfonamides is 1. The Bertz CT molecular complexity index is 897. The fourth-order valence-corrected chi connectivity index (χ4v) is 4.11. The minimum absolute atomic E-state index is 0.0426. The standard InChI is InChI=1S/C20H26N2O4S/c1-14(22(16(3)23)15(2)18-8-6-5-7-9-18)12-17-10-11-19(26-4)20(13-17)27(21,24)25/h5-11,13-15H,12H2,1-4H3,(H2,21,24,25)/t14-,15-/m1/s1. The van der Waals surface area contributed by atoms with Crippen LogP contribution < -0.4 is 9.88 Å². The van der Waals surface area contributed by atoms with Gasteiger partial charge in [-0.15, -0.1) is 0 Å². The van der Waals surface area contributed by atoms with Crippen molar-refractivity contribution in [1.82, 2.24) is 4.90 Å². The third-order valence-electron chi connectivity index (χ3n) is 4.60. The minimum atomic E-state index is -3.91. The molecule has 0 radical (unpaired) electrons. The molecular formula is C20H26N2O4S. The van der Waals surface area contributed by atoms with Crippen LogP contribution in [0.15, 0.2) is 53.4 Å². The van der Waals surface area contributed by atoms with E-state index < -0.39 is 10.0 Å². The van der Waals surface area contributed by atoms with Crippen LogP contribution in [0, 0.1) is 0 Å². The van der Waals surface area contributed by atoms with Crippen molar-refractivity contribution in [2.45, 2.75) is 44.2 Å². The molecule has 2 aromatic carbocycles. The third kappa shape index (κ3) is 5.08. The molecule has 0 aliphatic rings. The molecule has 146 valence electrons. The highest BCUT2D eigenvalue weighted by Crippen LogP contribution is 2.27. The van der Waals surface area contributed by atoms with E-state index in [1.165, 1.54) is 13.2 Å². The second-order valence-corrected chi connectivity index (χ2v) is 8.13. The van der Waals surface area contributed by atoms with Crippen molar-refractivity contribution in [3.63, 3.8) is 0 Å². The topological polar surface area (TPSA) is 89.7 Å². The highest BCUT2D eigenvalue weighted by molar-refractivity contribution is 7.89. The van der Waals surface area contributed by atoms with E-state index in [9.17, 15) is 13.2 Å². The smallest absolute Gasteiger partial charge is 0.241 e. The van der Waals surface area contributed by atoms with Gasteiger partial charge in [-0.05, 0) is 43.5 Å². The van der Waals surface area contributed by atoms with Gasteiger partial charge < -0.3 is 9.64 Å². The summed E-state index contributed by atoms with van der Waals surface area (Å²) in [5, 5.41) is 5.29. The molecule has 6 nitrogen and oxygen atoms in total. The molecule has 0 spiro atoms. The Morgan fingerprint density at radius 3 is 2.30 bits per heavy atom. The van der Waals surface area contributed by atoms with Gasteiger partial charge in [0.15, 0.2) is 0 Å². The average molecular weight is 391 g/mol. The van der Waals surface area contributed by atoms with Crippen LogP contribution in [-0.4, -0.2) is 32.4 Å². The van der Waals surface area contributed by atoms with Crippen molar-refractivity contribution in [3.05, 3.63) is 59.7 Å². The first-order chi connectivity index (χ1) is 12.6. The quantitative estimate of drug-likeness (QED) is 0.787. The zero-order valence-corrected chi connectivity index (χ0v) is 16.9. The van der Waals surface area contributed by atoms with Gasteiger partial charge in [0.05, 0.1) is 13.2 Å². The van der Waals surface area contributed by atoms with Crippen molar-refractivity contribution in [3.8, 4) is 5.75 Å². The summed E-state index contributed by atoms with van der Waals surface area (Å²) in [6, 6.07) is 14.4. The molecule has 7 heteroatoms. The van der Waals surface area contributed by atoms with E-state index in [0.717, 1.165) is 11.1 Å². The highest BCUT2D eigenvalue weighted by atomic mass is 32.2. The van der Waals surface area contributed by atoms with Crippen molar-refractivity contribution < 1.29 is 17.9 Å². The number of methoxy groups -OCH3 is 1. The Kier molecular flexibility index (Phi) is 6.62. The number of carbonyl (C=O) groups is 1. The van der Waals surface area contributed by atoms with Gasteiger partial charge in [-0.25, -0.2) is 13.6 Å². The first-order valence-electron chi connectivity index (χ1n) is 8.68. The summed E-state index contributed by atoms with van der Waals surface area (Å²) < 4.78 is 28.7. The normalized spacial score (nSPS) is 13.7. The van der Waals surface area contributed by atoms with E-state index in [1.54, 1.807) is 24.0 Å². The molecule has 0 aliphatic carbocycles. The summed E-state index contributed by atoms with van der Waals surface area (Å²) in [5.74, 6) is 0.161. The summed E-state index contributed by atoms with van der Waals surface area (Å²) in [5.41, 5.74) is 1.80. The van der Waals surface area contributed by atoms with Gasteiger partial charge >= 0.3 is 0 Å². The Morgan fingerprint density at radius 1 is 1.15 bits per heavy atom. The number of hydrogen-bond acceptors (Lipinski definition) is 4. The Morgan fingerprint density at radius 2 is 1.78 bits per heavy atom. The number of hydrogen-bond donors (Lipinski definition) is 1. The highest BCUT2D eigenvalue weighted by Gasteiger charge is 2.25. The summed E-state index contributed by atoms with van der Waals surface area (Å²) >= 11 is 0. The largest absolute Gasteiger partial charge is 0.495 e. The predicted octanol–water partition coefficient (Wildman–Crippen LogP) is 2.88. The van der Waals surface area contributed by atoms with E-state index in [2.05, 4.69) is 0 Å². The third-order valence-corrected chi connectivity index (χ3v) is 5.54. The Hall–Kier alpha value is -2.38. The molecule has 2 atom stereocenters. The molecule has 0 bridgehead atoms. The van der Waals surface area contributed by atoms with Crippen molar-refractivity contribution in [2.24, 2.45) is 5.14 Å². The lowest BCUT2D eigenvalue weighted by molar-refractivity contribution is -0.133. The number of nitrogens with zero attached hydrogens (tertiary/aromatic N) is 1. The first kappa shape index (κ1) is 20.9. The lowest BCUT2D eigenvalue weighted by atomic mass is 10.0. The molecule has 0 fully saturated rings. The van der Waals surface area contributed by atoms with Gasteiger partial charge in [-0.3, -0.25) is 4.79 Å². The number of amides is 1. The molecule has 1 amide bonds. The molecule has 0 aromatic heterocycles. The fourth-order valence-electron chi connectivity index (χ4n) is 3.37. The first-order valence-corrected chi connectivity index (χ1v) is 10.2. The molecule has 27 heavy (non-hydrogen) atoms. The number of rotatable bonds is 7. The summed E-state index contributed by atoms with van der Waals surface area (Å²) in [6.07, 6.45) is 0.489. The SMILES string of the molecule is COc1ccc(C[C@@H](C)N(C(C)=O)[C@H](C)c2ccccc2)cc1S(N)(=O)=O. The molecule has 0 saturated heterocycles. The molecule has 0 saturated carbocycles. The summed E-state index contributed by atoms with van der Waals surface area (Å²) in [4.78, 5) is 14.1. The van der Waals surface area contributed by atoms with Crippen molar-refractivity contribution in [2.75, 3.05) is 7.11 Å². The van der Waals surface area contributed by atoms with Crippen LogP contribution in [0.2, 0.25) is 0 Å². The van der Waals surface area contributed by atoms with Gasteiger partial charge in [0.25, 0.3) is 0 Å². The predicted molar refractivity (Wildman–Crippen MR) is 105 cm³/mol. The molecule has 2 N–H and O–H groups in total. The van der Waals surface area contributed by atoms with Crippen LogP contribution in [-0.2, 0) is 21.2 Å². The van der Waals surface area contributed by atoms with E-state index in [1.807, 2.05) is 44.2 Å². The second-order valence-electron chi connectivity index (χ2n) is 6.60.